The van der Waals surface area contributed by atoms with Gasteiger partial charge in [-0.05, 0) is 31.6 Å². The maximum atomic E-state index is 11.0. The Labute approximate surface area is 104 Å². The molecular weight excluding hydrogens is 216 g/mol. The molecule has 2 aliphatic rings. The van der Waals surface area contributed by atoms with E-state index in [1.54, 1.807) is 0 Å². The second-order valence-corrected chi connectivity index (χ2v) is 5.98. The number of aliphatic hydroxyl groups is 2. The van der Waals surface area contributed by atoms with Crippen LogP contribution in [0.2, 0.25) is 0 Å². The highest BCUT2D eigenvalue weighted by atomic mass is 16.5. The van der Waals surface area contributed by atoms with Crippen molar-refractivity contribution in [3.63, 3.8) is 0 Å². The van der Waals surface area contributed by atoms with E-state index < -0.39 is 11.0 Å². The lowest BCUT2D eigenvalue weighted by molar-refractivity contribution is -0.120. The van der Waals surface area contributed by atoms with E-state index in [4.69, 9.17) is 4.74 Å². The van der Waals surface area contributed by atoms with Crippen LogP contribution in [0.1, 0.15) is 51.9 Å². The van der Waals surface area contributed by atoms with Gasteiger partial charge in [0.25, 0.3) is 0 Å². The molecule has 0 radical (unpaired) electrons. The summed E-state index contributed by atoms with van der Waals surface area (Å²) in [6.07, 6.45) is 7.06. The van der Waals surface area contributed by atoms with Crippen LogP contribution in [0.15, 0.2) is 0 Å². The van der Waals surface area contributed by atoms with Gasteiger partial charge >= 0.3 is 0 Å². The van der Waals surface area contributed by atoms with Crippen molar-refractivity contribution in [2.45, 2.75) is 57.5 Å². The average molecular weight is 242 g/mol. The Morgan fingerprint density at radius 2 is 2.06 bits per heavy atom. The molecule has 0 bridgehead atoms. The van der Waals surface area contributed by atoms with Gasteiger partial charge in [0, 0.05) is 12.0 Å². The molecule has 17 heavy (non-hydrogen) atoms. The van der Waals surface area contributed by atoms with Crippen molar-refractivity contribution in [2.75, 3.05) is 19.8 Å². The van der Waals surface area contributed by atoms with E-state index in [1.807, 2.05) is 0 Å². The smallest absolute Gasteiger partial charge is 0.0748 e. The predicted octanol–water partition coefficient (Wildman–Crippen LogP) is 2.11. The molecule has 1 saturated carbocycles. The van der Waals surface area contributed by atoms with Gasteiger partial charge in [-0.2, -0.15) is 0 Å². The van der Waals surface area contributed by atoms with Gasteiger partial charge in [0.05, 0.1) is 18.8 Å². The van der Waals surface area contributed by atoms with Crippen LogP contribution in [-0.4, -0.2) is 35.6 Å². The molecule has 0 aromatic carbocycles. The van der Waals surface area contributed by atoms with Crippen LogP contribution in [0.5, 0.6) is 0 Å². The first-order valence-corrected chi connectivity index (χ1v) is 7.07. The van der Waals surface area contributed by atoms with Crippen LogP contribution in [0.3, 0.4) is 0 Å². The summed E-state index contributed by atoms with van der Waals surface area (Å²) >= 11 is 0. The molecule has 0 spiro atoms. The van der Waals surface area contributed by atoms with Gasteiger partial charge < -0.3 is 14.9 Å². The summed E-state index contributed by atoms with van der Waals surface area (Å²) in [6.45, 7) is 3.49. The summed E-state index contributed by atoms with van der Waals surface area (Å²) in [5, 5.41) is 20.7. The third-order valence-electron chi connectivity index (χ3n) is 5.14. The molecular formula is C14H26O3. The Bertz CT molecular complexity index is 248. The standard InChI is InChI=1S/C14H26O3/c1-2-12-4-3-6-14(16,7-5-12)13(10-15)8-9-17-11-13/h12,15-16H,2-11H2,1H3. The van der Waals surface area contributed by atoms with E-state index in [1.165, 1.54) is 12.8 Å². The summed E-state index contributed by atoms with van der Waals surface area (Å²) in [5.41, 5.74) is -1.10. The Morgan fingerprint density at radius 1 is 1.24 bits per heavy atom. The van der Waals surface area contributed by atoms with Gasteiger partial charge in [-0.15, -0.1) is 0 Å². The van der Waals surface area contributed by atoms with Gasteiger partial charge in [-0.25, -0.2) is 0 Å². The van der Waals surface area contributed by atoms with Gasteiger partial charge in [0.1, 0.15) is 0 Å². The van der Waals surface area contributed by atoms with Crippen molar-refractivity contribution in [3.05, 3.63) is 0 Å². The topological polar surface area (TPSA) is 49.7 Å². The van der Waals surface area contributed by atoms with Gasteiger partial charge in [0.2, 0.25) is 0 Å². The number of ether oxygens (including phenoxy) is 1. The first kappa shape index (κ1) is 13.3. The molecule has 2 fully saturated rings. The highest BCUT2D eigenvalue weighted by molar-refractivity contribution is 5.02. The zero-order valence-corrected chi connectivity index (χ0v) is 11.0. The molecule has 2 N–H and O–H groups in total. The monoisotopic (exact) mass is 242 g/mol. The fraction of sp³-hybridized carbons (Fsp3) is 1.00. The van der Waals surface area contributed by atoms with Gasteiger partial charge in [0.15, 0.2) is 0 Å². The third kappa shape index (κ3) is 2.38. The molecule has 3 unspecified atom stereocenters. The molecule has 2 rings (SSSR count). The molecule has 1 aliphatic heterocycles. The Kier molecular flexibility index (Phi) is 4.11. The van der Waals surface area contributed by atoms with Crippen molar-refractivity contribution in [2.24, 2.45) is 11.3 Å². The Morgan fingerprint density at radius 3 is 2.65 bits per heavy atom. The Hall–Kier alpha value is -0.120. The SMILES string of the molecule is CCC1CCCC(O)(C2(CO)CCOC2)CC1. The molecule has 3 heteroatoms. The van der Waals surface area contributed by atoms with Crippen LogP contribution >= 0.6 is 0 Å². The number of hydrogen-bond acceptors (Lipinski definition) is 3. The maximum absolute atomic E-state index is 11.0. The molecule has 0 amide bonds. The molecule has 0 aromatic heterocycles. The molecule has 0 aromatic rings. The second-order valence-electron chi connectivity index (χ2n) is 5.98. The van der Waals surface area contributed by atoms with E-state index in [-0.39, 0.29) is 6.61 Å². The molecule has 1 saturated heterocycles. The first-order valence-electron chi connectivity index (χ1n) is 7.07. The predicted molar refractivity (Wildman–Crippen MR) is 66.8 cm³/mol. The van der Waals surface area contributed by atoms with Crippen LogP contribution in [0.4, 0.5) is 0 Å². The minimum absolute atomic E-state index is 0.0558. The normalized spacial score (nSPS) is 43.6. The minimum Gasteiger partial charge on any atom is -0.396 e. The summed E-state index contributed by atoms with van der Waals surface area (Å²) in [6, 6.07) is 0. The molecule has 1 heterocycles. The molecule has 3 nitrogen and oxygen atoms in total. The third-order valence-corrected chi connectivity index (χ3v) is 5.14. The van der Waals surface area contributed by atoms with E-state index in [2.05, 4.69) is 6.92 Å². The van der Waals surface area contributed by atoms with Gasteiger partial charge in [-0.1, -0.05) is 26.2 Å². The summed E-state index contributed by atoms with van der Waals surface area (Å²) < 4.78 is 5.44. The Balaban J connectivity index is 2.11. The molecule has 1 aliphatic carbocycles. The average Bonchev–Trinajstić information content (AvgIpc) is 2.76. The lowest BCUT2D eigenvalue weighted by atomic mass is 9.68. The van der Waals surface area contributed by atoms with E-state index >= 15 is 0 Å². The second kappa shape index (κ2) is 5.25. The van der Waals surface area contributed by atoms with E-state index in [9.17, 15) is 10.2 Å². The highest BCUT2D eigenvalue weighted by Gasteiger charge is 2.52. The van der Waals surface area contributed by atoms with Crippen LogP contribution in [0, 0.1) is 11.3 Å². The van der Waals surface area contributed by atoms with Crippen LogP contribution in [0.25, 0.3) is 0 Å². The van der Waals surface area contributed by atoms with Crippen molar-refractivity contribution >= 4 is 0 Å². The fourth-order valence-electron chi connectivity index (χ4n) is 3.58. The quantitative estimate of drug-likeness (QED) is 0.745. The molecule has 3 atom stereocenters. The highest BCUT2D eigenvalue weighted by Crippen LogP contribution is 2.47. The summed E-state index contributed by atoms with van der Waals surface area (Å²) in [4.78, 5) is 0. The van der Waals surface area contributed by atoms with Crippen LogP contribution < -0.4 is 0 Å². The molecule has 100 valence electrons. The lowest BCUT2D eigenvalue weighted by Gasteiger charge is -2.43. The fourth-order valence-corrected chi connectivity index (χ4v) is 3.58. The summed E-state index contributed by atoms with van der Waals surface area (Å²) in [5.74, 6) is 0.752. The van der Waals surface area contributed by atoms with Crippen molar-refractivity contribution in [1.29, 1.82) is 0 Å². The first-order chi connectivity index (χ1) is 8.16. The maximum Gasteiger partial charge on any atom is 0.0748 e. The zero-order valence-electron chi connectivity index (χ0n) is 11.0. The van der Waals surface area contributed by atoms with Crippen LogP contribution in [-0.2, 0) is 4.74 Å². The zero-order chi connectivity index (χ0) is 12.4. The van der Waals surface area contributed by atoms with Gasteiger partial charge in [-0.3, -0.25) is 0 Å². The lowest BCUT2D eigenvalue weighted by Crippen LogP contribution is -2.51. The number of aliphatic hydroxyl groups excluding tert-OH is 1. The van der Waals surface area contributed by atoms with Crippen molar-refractivity contribution in [3.8, 4) is 0 Å². The number of hydrogen-bond donors (Lipinski definition) is 2. The minimum atomic E-state index is -0.706. The largest absolute Gasteiger partial charge is 0.396 e. The van der Waals surface area contributed by atoms with Crippen molar-refractivity contribution in [1.82, 2.24) is 0 Å². The summed E-state index contributed by atoms with van der Waals surface area (Å²) in [7, 11) is 0. The van der Waals surface area contributed by atoms with E-state index in [0.717, 1.165) is 38.0 Å². The van der Waals surface area contributed by atoms with Crippen molar-refractivity contribution < 1.29 is 14.9 Å². The number of rotatable bonds is 3. The van der Waals surface area contributed by atoms with E-state index in [0.29, 0.717) is 13.2 Å².